The Morgan fingerprint density at radius 1 is 1.50 bits per heavy atom. The Morgan fingerprint density at radius 2 is 2.19 bits per heavy atom. The summed E-state index contributed by atoms with van der Waals surface area (Å²) in [5.74, 6) is -0.196. The molecule has 2 unspecified atom stereocenters. The molecule has 0 aromatic carbocycles. The average molecular weight is 361 g/mol. The van der Waals surface area contributed by atoms with Gasteiger partial charge in [-0.15, -0.1) is 0 Å². The maximum Gasteiger partial charge on any atom is 0.266 e. The number of ether oxygens (including phenoxy) is 1. The molecule has 3 rings (SSSR count). The van der Waals surface area contributed by atoms with Crippen LogP contribution < -0.4 is 16.6 Å². The molecule has 0 aliphatic heterocycles. The SMILES string of the molecule is CCOC1CC(N)(C(=O)NCc2c(C)nc3cc(=O)[nH]n3c2C)C1(C)C. The fourth-order valence-electron chi connectivity index (χ4n) is 3.76. The monoisotopic (exact) mass is 361 g/mol. The van der Waals surface area contributed by atoms with Crippen LogP contribution in [0.3, 0.4) is 0 Å². The van der Waals surface area contributed by atoms with Gasteiger partial charge in [0.05, 0.1) is 6.10 Å². The summed E-state index contributed by atoms with van der Waals surface area (Å²) in [5.41, 5.74) is 7.84. The van der Waals surface area contributed by atoms with Crippen LogP contribution >= 0.6 is 0 Å². The first-order valence-corrected chi connectivity index (χ1v) is 8.88. The highest BCUT2D eigenvalue weighted by Crippen LogP contribution is 2.49. The molecule has 0 saturated heterocycles. The van der Waals surface area contributed by atoms with Crippen LogP contribution in [0.5, 0.6) is 0 Å². The Morgan fingerprint density at radius 3 is 2.81 bits per heavy atom. The fourth-order valence-corrected chi connectivity index (χ4v) is 3.76. The van der Waals surface area contributed by atoms with Crippen molar-refractivity contribution >= 4 is 11.6 Å². The summed E-state index contributed by atoms with van der Waals surface area (Å²) >= 11 is 0. The molecular formula is C18H27N5O3. The molecule has 2 aromatic heterocycles. The van der Waals surface area contributed by atoms with E-state index in [2.05, 4.69) is 15.4 Å². The number of aromatic amines is 1. The standard InChI is InChI=1S/C18H27N5O3/c1-6-26-13-8-18(19,17(13,4)5)16(25)20-9-12-10(2)21-14-7-15(24)22-23(14)11(12)3/h7,13H,6,8-9,19H2,1-5H3,(H,20,25)(H,22,24). The lowest BCUT2D eigenvalue weighted by Gasteiger charge is -2.57. The van der Waals surface area contributed by atoms with E-state index in [4.69, 9.17) is 10.5 Å². The molecule has 4 N–H and O–H groups in total. The molecule has 8 nitrogen and oxygen atoms in total. The molecular weight excluding hydrogens is 334 g/mol. The second-order valence-corrected chi connectivity index (χ2v) is 7.60. The van der Waals surface area contributed by atoms with Gasteiger partial charge < -0.3 is 15.8 Å². The van der Waals surface area contributed by atoms with Gasteiger partial charge in [-0.3, -0.25) is 14.7 Å². The van der Waals surface area contributed by atoms with Gasteiger partial charge in [-0.25, -0.2) is 9.50 Å². The molecule has 0 bridgehead atoms. The largest absolute Gasteiger partial charge is 0.378 e. The van der Waals surface area contributed by atoms with Gasteiger partial charge >= 0.3 is 0 Å². The highest BCUT2D eigenvalue weighted by molar-refractivity contribution is 5.88. The lowest BCUT2D eigenvalue weighted by molar-refractivity contribution is -0.170. The van der Waals surface area contributed by atoms with E-state index in [0.29, 0.717) is 25.2 Å². The summed E-state index contributed by atoms with van der Waals surface area (Å²) in [5, 5.41) is 5.66. The second-order valence-electron chi connectivity index (χ2n) is 7.60. The second kappa shape index (κ2) is 6.21. The molecule has 0 spiro atoms. The number of carbonyl (C=O) groups excluding carboxylic acids is 1. The normalized spacial score (nSPS) is 24.5. The van der Waals surface area contributed by atoms with Crippen molar-refractivity contribution in [2.75, 3.05) is 6.61 Å². The van der Waals surface area contributed by atoms with Crippen molar-refractivity contribution in [1.29, 1.82) is 0 Å². The van der Waals surface area contributed by atoms with Gasteiger partial charge in [0, 0.05) is 48.0 Å². The van der Waals surface area contributed by atoms with Gasteiger partial charge in [0.1, 0.15) is 5.54 Å². The van der Waals surface area contributed by atoms with E-state index in [1.165, 1.54) is 6.07 Å². The highest BCUT2D eigenvalue weighted by Gasteiger charge is 2.62. The van der Waals surface area contributed by atoms with Gasteiger partial charge in [-0.05, 0) is 20.8 Å². The Balaban J connectivity index is 1.78. The molecule has 1 aliphatic rings. The van der Waals surface area contributed by atoms with Gasteiger partial charge in [-0.2, -0.15) is 0 Å². The van der Waals surface area contributed by atoms with Crippen LogP contribution in [0.15, 0.2) is 10.9 Å². The molecule has 142 valence electrons. The number of nitrogens with two attached hydrogens (primary N) is 1. The van der Waals surface area contributed by atoms with Crippen molar-refractivity contribution < 1.29 is 9.53 Å². The Hall–Kier alpha value is -2.19. The number of H-pyrrole nitrogens is 1. The van der Waals surface area contributed by atoms with E-state index in [1.807, 2.05) is 34.6 Å². The minimum absolute atomic E-state index is 0.0188. The number of fused-ring (bicyclic) bond motifs is 1. The van der Waals surface area contributed by atoms with E-state index >= 15 is 0 Å². The lowest BCUT2D eigenvalue weighted by atomic mass is 9.54. The molecule has 1 amide bonds. The number of aryl methyl sites for hydroxylation is 2. The van der Waals surface area contributed by atoms with Crippen molar-refractivity contribution in [3.05, 3.63) is 33.4 Å². The number of hydrogen-bond donors (Lipinski definition) is 3. The number of hydrogen-bond acceptors (Lipinski definition) is 5. The number of aromatic nitrogens is 3. The van der Waals surface area contributed by atoms with Crippen LogP contribution in [-0.4, -0.2) is 38.8 Å². The third kappa shape index (κ3) is 2.64. The Labute approximate surface area is 152 Å². The van der Waals surface area contributed by atoms with E-state index in [9.17, 15) is 9.59 Å². The van der Waals surface area contributed by atoms with Crippen LogP contribution in [0.25, 0.3) is 5.65 Å². The van der Waals surface area contributed by atoms with Gasteiger partial charge in [0.15, 0.2) is 5.65 Å². The van der Waals surface area contributed by atoms with Crippen LogP contribution in [0.2, 0.25) is 0 Å². The molecule has 0 radical (unpaired) electrons. The first-order chi connectivity index (χ1) is 12.1. The summed E-state index contributed by atoms with van der Waals surface area (Å²) in [6.07, 6.45) is 0.481. The maximum absolute atomic E-state index is 12.8. The zero-order valence-corrected chi connectivity index (χ0v) is 16.0. The van der Waals surface area contributed by atoms with Crippen molar-refractivity contribution in [2.45, 2.75) is 59.2 Å². The Bertz CT molecular complexity index is 913. The minimum Gasteiger partial charge on any atom is -0.378 e. The van der Waals surface area contributed by atoms with Crippen molar-refractivity contribution in [3.63, 3.8) is 0 Å². The molecule has 2 heterocycles. The van der Waals surface area contributed by atoms with Crippen molar-refractivity contribution in [2.24, 2.45) is 11.1 Å². The minimum atomic E-state index is -0.964. The van der Waals surface area contributed by atoms with E-state index in [-0.39, 0.29) is 17.6 Å². The summed E-state index contributed by atoms with van der Waals surface area (Å²) in [7, 11) is 0. The number of rotatable bonds is 5. The predicted octanol–water partition coefficient (Wildman–Crippen LogP) is 0.788. The maximum atomic E-state index is 12.8. The van der Waals surface area contributed by atoms with E-state index in [1.54, 1.807) is 4.52 Å². The number of carbonyl (C=O) groups is 1. The van der Waals surface area contributed by atoms with Crippen LogP contribution in [-0.2, 0) is 16.1 Å². The molecule has 2 aromatic rings. The Kier molecular flexibility index (Phi) is 4.44. The molecule has 8 heteroatoms. The van der Waals surface area contributed by atoms with Crippen LogP contribution in [0.1, 0.15) is 44.1 Å². The molecule has 26 heavy (non-hydrogen) atoms. The summed E-state index contributed by atoms with van der Waals surface area (Å²) in [4.78, 5) is 28.8. The quantitative estimate of drug-likeness (QED) is 0.728. The predicted molar refractivity (Wildman–Crippen MR) is 97.9 cm³/mol. The van der Waals surface area contributed by atoms with Gasteiger partial charge in [-0.1, -0.05) is 13.8 Å². The smallest absolute Gasteiger partial charge is 0.266 e. The topological polar surface area (TPSA) is 115 Å². The van der Waals surface area contributed by atoms with Gasteiger partial charge in [0.25, 0.3) is 5.56 Å². The van der Waals surface area contributed by atoms with Crippen LogP contribution in [0.4, 0.5) is 0 Å². The average Bonchev–Trinajstić information content (AvgIpc) is 2.94. The zero-order valence-electron chi connectivity index (χ0n) is 16.0. The van der Waals surface area contributed by atoms with Crippen molar-refractivity contribution in [3.8, 4) is 0 Å². The summed E-state index contributed by atoms with van der Waals surface area (Å²) in [6, 6.07) is 1.45. The first kappa shape index (κ1) is 18.6. The molecule has 1 saturated carbocycles. The molecule has 2 atom stereocenters. The van der Waals surface area contributed by atoms with Gasteiger partial charge in [0.2, 0.25) is 5.91 Å². The molecule has 1 aliphatic carbocycles. The van der Waals surface area contributed by atoms with E-state index < -0.39 is 11.0 Å². The number of nitrogens with zero attached hydrogens (tertiary/aromatic N) is 2. The molecule has 1 fully saturated rings. The third-order valence-electron chi connectivity index (χ3n) is 5.86. The summed E-state index contributed by atoms with van der Waals surface area (Å²) < 4.78 is 7.32. The van der Waals surface area contributed by atoms with Crippen molar-refractivity contribution in [1.82, 2.24) is 19.9 Å². The zero-order chi connectivity index (χ0) is 19.3. The fraction of sp³-hybridized carbons (Fsp3) is 0.611. The lowest BCUT2D eigenvalue weighted by Crippen LogP contribution is -2.75. The first-order valence-electron chi connectivity index (χ1n) is 8.88. The summed E-state index contributed by atoms with van der Waals surface area (Å²) in [6.45, 7) is 10.5. The third-order valence-corrected chi connectivity index (χ3v) is 5.86. The van der Waals surface area contributed by atoms with E-state index in [0.717, 1.165) is 17.0 Å². The number of nitrogens with one attached hydrogen (secondary N) is 2. The number of amides is 1. The van der Waals surface area contributed by atoms with Crippen LogP contribution in [0, 0.1) is 19.3 Å². The highest BCUT2D eigenvalue weighted by atomic mass is 16.5.